The molecule has 30 heavy (non-hydrogen) atoms. The van der Waals surface area contributed by atoms with Crippen molar-refractivity contribution in [1.29, 1.82) is 0 Å². The molecule has 2 aliphatic rings. The van der Waals surface area contributed by atoms with Crippen LogP contribution >= 0.6 is 23.9 Å². The van der Waals surface area contributed by atoms with E-state index in [1.807, 2.05) is 0 Å². The van der Waals surface area contributed by atoms with Crippen LogP contribution in [0.5, 0.6) is 0 Å². The number of benzene rings is 3. The highest BCUT2D eigenvalue weighted by molar-refractivity contribution is 9.10. The Bertz CT molecular complexity index is 1120. The maximum absolute atomic E-state index is 3.73. The molecule has 0 nitrogen and oxygen atoms in total. The Balaban J connectivity index is 1.44. The summed E-state index contributed by atoms with van der Waals surface area (Å²) in [6, 6.07) is 28.6. The third-order valence-electron chi connectivity index (χ3n) is 6.06. The molecule has 0 radical (unpaired) electrons. The second kappa shape index (κ2) is 8.50. The first-order valence-electron chi connectivity index (χ1n) is 10.5. The molecular formula is C28H24BrP. The molecule has 0 saturated carbocycles. The molecule has 2 aliphatic carbocycles. The zero-order valence-electron chi connectivity index (χ0n) is 17.1. The van der Waals surface area contributed by atoms with E-state index >= 15 is 0 Å². The van der Waals surface area contributed by atoms with Crippen molar-refractivity contribution in [2.24, 2.45) is 0 Å². The lowest BCUT2D eigenvalue weighted by Crippen LogP contribution is -2.11. The maximum Gasteiger partial charge on any atom is 0.0250 e. The van der Waals surface area contributed by atoms with Crippen molar-refractivity contribution in [2.45, 2.75) is 25.7 Å². The lowest BCUT2D eigenvalue weighted by atomic mass is 9.89. The minimum Gasteiger partial charge on any atom is -0.0721 e. The lowest BCUT2D eigenvalue weighted by molar-refractivity contribution is 0.784. The SMILES string of the molecule is CC1=Cc2c(Br)cccc2C1CC1=CC(P(c2ccccc2)c2ccccc2)=CC1. The first-order valence-corrected chi connectivity index (χ1v) is 12.6. The summed E-state index contributed by atoms with van der Waals surface area (Å²) < 4.78 is 1.21. The van der Waals surface area contributed by atoms with Gasteiger partial charge in [-0.1, -0.05) is 118 Å². The van der Waals surface area contributed by atoms with E-state index in [2.05, 4.69) is 120 Å². The quantitative estimate of drug-likeness (QED) is 0.335. The van der Waals surface area contributed by atoms with Crippen LogP contribution < -0.4 is 10.6 Å². The average Bonchev–Trinajstić information content (AvgIpc) is 3.36. The fourth-order valence-electron chi connectivity index (χ4n) is 4.58. The molecular weight excluding hydrogens is 447 g/mol. The molecule has 3 aromatic carbocycles. The van der Waals surface area contributed by atoms with Gasteiger partial charge >= 0.3 is 0 Å². The molecule has 0 saturated heterocycles. The number of allylic oxidation sites excluding steroid dienone is 5. The van der Waals surface area contributed by atoms with Crippen LogP contribution in [0, 0.1) is 0 Å². The van der Waals surface area contributed by atoms with Gasteiger partial charge in [0.2, 0.25) is 0 Å². The Kier molecular flexibility index (Phi) is 5.59. The third kappa shape index (κ3) is 3.78. The smallest absolute Gasteiger partial charge is 0.0250 e. The zero-order valence-corrected chi connectivity index (χ0v) is 19.5. The van der Waals surface area contributed by atoms with E-state index in [-0.39, 0.29) is 0 Å². The molecule has 3 aromatic rings. The topological polar surface area (TPSA) is 0 Å². The first-order chi connectivity index (χ1) is 14.7. The van der Waals surface area contributed by atoms with Gasteiger partial charge in [-0.25, -0.2) is 0 Å². The molecule has 0 amide bonds. The van der Waals surface area contributed by atoms with Gasteiger partial charge in [0.1, 0.15) is 0 Å². The fourth-order valence-corrected chi connectivity index (χ4v) is 7.50. The highest BCUT2D eigenvalue weighted by Crippen LogP contribution is 2.49. The van der Waals surface area contributed by atoms with Crippen molar-refractivity contribution >= 4 is 40.5 Å². The fraction of sp³-hybridized carbons (Fsp3) is 0.143. The Hall–Kier alpha value is -2.21. The molecule has 1 unspecified atom stereocenters. The van der Waals surface area contributed by atoms with Crippen molar-refractivity contribution in [2.75, 3.05) is 0 Å². The van der Waals surface area contributed by atoms with E-state index < -0.39 is 7.92 Å². The number of hydrogen-bond acceptors (Lipinski definition) is 0. The Morgan fingerprint density at radius 1 is 0.833 bits per heavy atom. The van der Waals surface area contributed by atoms with Crippen molar-refractivity contribution in [3.63, 3.8) is 0 Å². The van der Waals surface area contributed by atoms with E-state index in [0.29, 0.717) is 5.92 Å². The van der Waals surface area contributed by atoms with Crippen molar-refractivity contribution in [3.05, 3.63) is 123 Å². The highest BCUT2D eigenvalue weighted by Gasteiger charge is 2.27. The van der Waals surface area contributed by atoms with Gasteiger partial charge in [-0.05, 0) is 60.8 Å². The zero-order chi connectivity index (χ0) is 20.5. The molecule has 0 aromatic heterocycles. The molecule has 148 valence electrons. The van der Waals surface area contributed by atoms with Gasteiger partial charge in [-0.2, -0.15) is 0 Å². The molecule has 0 spiro atoms. The average molecular weight is 471 g/mol. The van der Waals surface area contributed by atoms with Gasteiger partial charge < -0.3 is 0 Å². The van der Waals surface area contributed by atoms with Crippen LogP contribution in [0.4, 0.5) is 0 Å². The molecule has 0 bridgehead atoms. The van der Waals surface area contributed by atoms with Crippen molar-refractivity contribution in [3.8, 4) is 0 Å². The maximum atomic E-state index is 3.73. The minimum absolute atomic E-state index is 0.496. The predicted octanol–water partition coefficient (Wildman–Crippen LogP) is 7.69. The van der Waals surface area contributed by atoms with Gasteiger partial charge in [-0.3, -0.25) is 0 Å². The second-order valence-corrected chi connectivity index (χ2v) is 11.1. The van der Waals surface area contributed by atoms with Crippen LogP contribution in [0.15, 0.2) is 112 Å². The van der Waals surface area contributed by atoms with Gasteiger partial charge in [-0.15, -0.1) is 0 Å². The van der Waals surface area contributed by atoms with Crippen LogP contribution in [-0.4, -0.2) is 0 Å². The molecule has 1 atom stereocenters. The summed E-state index contributed by atoms with van der Waals surface area (Å²) in [5.41, 5.74) is 5.85. The predicted molar refractivity (Wildman–Crippen MR) is 135 cm³/mol. The lowest BCUT2D eigenvalue weighted by Gasteiger charge is -2.19. The third-order valence-corrected chi connectivity index (χ3v) is 9.21. The number of halogens is 1. The summed E-state index contributed by atoms with van der Waals surface area (Å²) in [5, 5.41) is 4.34. The Morgan fingerprint density at radius 3 is 2.17 bits per heavy atom. The largest absolute Gasteiger partial charge is 0.0721 e. The first kappa shape index (κ1) is 19.7. The number of fused-ring (bicyclic) bond motifs is 1. The molecule has 0 fully saturated rings. The van der Waals surface area contributed by atoms with E-state index in [4.69, 9.17) is 0 Å². The van der Waals surface area contributed by atoms with Gasteiger partial charge in [0.15, 0.2) is 0 Å². The Morgan fingerprint density at radius 2 is 1.50 bits per heavy atom. The molecule has 0 N–H and O–H groups in total. The normalized spacial score (nSPS) is 17.6. The Labute approximate surface area is 188 Å². The van der Waals surface area contributed by atoms with Crippen LogP contribution in [0.1, 0.15) is 36.8 Å². The number of hydrogen-bond donors (Lipinski definition) is 0. The monoisotopic (exact) mass is 470 g/mol. The molecule has 2 heteroatoms. The highest BCUT2D eigenvalue weighted by atomic mass is 79.9. The van der Waals surface area contributed by atoms with E-state index in [1.54, 1.807) is 5.57 Å². The summed E-state index contributed by atoms with van der Waals surface area (Å²) >= 11 is 3.73. The molecule has 0 aliphatic heterocycles. The summed E-state index contributed by atoms with van der Waals surface area (Å²) in [5.74, 6) is 0.496. The summed E-state index contributed by atoms with van der Waals surface area (Å²) in [4.78, 5) is 0. The van der Waals surface area contributed by atoms with Crippen LogP contribution in [-0.2, 0) is 0 Å². The van der Waals surface area contributed by atoms with Gasteiger partial charge in [0, 0.05) is 10.4 Å². The van der Waals surface area contributed by atoms with Crippen LogP contribution in [0.25, 0.3) is 6.08 Å². The molecule has 5 rings (SSSR count). The van der Waals surface area contributed by atoms with Crippen molar-refractivity contribution < 1.29 is 0 Å². The van der Waals surface area contributed by atoms with Crippen LogP contribution in [0.3, 0.4) is 0 Å². The van der Waals surface area contributed by atoms with Crippen molar-refractivity contribution in [1.82, 2.24) is 0 Å². The summed E-state index contributed by atoms with van der Waals surface area (Å²) in [6.45, 7) is 2.28. The van der Waals surface area contributed by atoms with Gasteiger partial charge in [0.05, 0.1) is 0 Å². The summed E-state index contributed by atoms with van der Waals surface area (Å²) in [6.07, 6.45) is 9.50. The van der Waals surface area contributed by atoms with Gasteiger partial charge in [0.25, 0.3) is 0 Å². The van der Waals surface area contributed by atoms with E-state index in [9.17, 15) is 0 Å². The second-order valence-electron chi connectivity index (χ2n) is 8.03. The minimum atomic E-state index is -0.503. The van der Waals surface area contributed by atoms with E-state index in [0.717, 1.165) is 12.8 Å². The number of rotatable bonds is 5. The van der Waals surface area contributed by atoms with Crippen LogP contribution in [0.2, 0.25) is 0 Å². The van der Waals surface area contributed by atoms with E-state index in [1.165, 1.54) is 37.1 Å². The standard InChI is InChI=1S/C28H24BrP/c1-20-17-27-25(13-8-14-28(27)29)26(20)19-21-15-16-24(18-21)30(22-9-4-2-5-10-22)23-11-6-3-7-12-23/h2-14,16-18,26H,15,19H2,1H3. The summed E-state index contributed by atoms with van der Waals surface area (Å²) in [7, 11) is -0.503. The molecule has 0 heterocycles.